The van der Waals surface area contributed by atoms with Gasteiger partial charge in [-0.05, 0) is 46.1 Å². The van der Waals surface area contributed by atoms with E-state index in [1.54, 1.807) is 0 Å². The predicted molar refractivity (Wildman–Crippen MR) is 69.9 cm³/mol. The molecular weight excluding hydrogens is 232 g/mol. The van der Waals surface area contributed by atoms with Crippen LogP contribution in [0, 0.1) is 0 Å². The van der Waals surface area contributed by atoms with Gasteiger partial charge >= 0.3 is 0 Å². The molecule has 5 nitrogen and oxygen atoms in total. The number of hydrogen-bond acceptors (Lipinski definition) is 4. The van der Waals surface area contributed by atoms with Crippen molar-refractivity contribution in [2.24, 2.45) is 0 Å². The second kappa shape index (κ2) is 6.26. The molecule has 0 fully saturated rings. The van der Waals surface area contributed by atoms with E-state index in [1.807, 2.05) is 25.9 Å². The predicted octanol–water partition coefficient (Wildman–Crippen LogP) is 1.17. The molecule has 0 aliphatic heterocycles. The van der Waals surface area contributed by atoms with Gasteiger partial charge in [0.05, 0.1) is 5.56 Å². The molecule has 0 bridgehead atoms. The Bertz CT molecular complexity index is 419. The van der Waals surface area contributed by atoms with Crippen LogP contribution in [0.4, 0.5) is 0 Å². The van der Waals surface area contributed by atoms with Gasteiger partial charge in [0.1, 0.15) is 11.5 Å². The van der Waals surface area contributed by atoms with E-state index < -0.39 is 0 Å². The number of benzene rings is 1. The summed E-state index contributed by atoms with van der Waals surface area (Å²) in [6.45, 7) is 2.79. The van der Waals surface area contributed by atoms with Gasteiger partial charge in [-0.1, -0.05) is 0 Å². The van der Waals surface area contributed by atoms with Crippen LogP contribution in [0.1, 0.15) is 23.7 Å². The lowest BCUT2D eigenvalue weighted by Crippen LogP contribution is -2.34. The van der Waals surface area contributed by atoms with Crippen LogP contribution in [0.2, 0.25) is 0 Å². The smallest absolute Gasteiger partial charge is 0.255 e. The third-order valence-corrected chi connectivity index (χ3v) is 2.61. The molecule has 0 saturated carbocycles. The molecule has 100 valence electrons. The minimum absolute atomic E-state index is 0.0214. The highest BCUT2D eigenvalue weighted by Crippen LogP contribution is 2.22. The van der Waals surface area contributed by atoms with E-state index in [1.165, 1.54) is 12.1 Å². The van der Waals surface area contributed by atoms with Crippen LogP contribution < -0.4 is 5.32 Å². The molecule has 5 heteroatoms. The van der Waals surface area contributed by atoms with Gasteiger partial charge in [0.25, 0.3) is 5.91 Å². The Morgan fingerprint density at radius 2 is 2.06 bits per heavy atom. The quantitative estimate of drug-likeness (QED) is 0.735. The fourth-order valence-electron chi connectivity index (χ4n) is 1.54. The number of aromatic hydroxyl groups is 2. The van der Waals surface area contributed by atoms with Crippen LogP contribution >= 0.6 is 0 Å². The van der Waals surface area contributed by atoms with Gasteiger partial charge in [0.2, 0.25) is 0 Å². The number of nitrogens with one attached hydrogen (secondary N) is 1. The average molecular weight is 252 g/mol. The van der Waals surface area contributed by atoms with Gasteiger partial charge < -0.3 is 20.4 Å². The van der Waals surface area contributed by atoms with E-state index in [2.05, 4.69) is 5.32 Å². The van der Waals surface area contributed by atoms with Crippen molar-refractivity contribution in [2.45, 2.75) is 19.4 Å². The normalized spacial score (nSPS) is 12.4. The molecule has 18 heavy (non-hydrogen) atoms. The Labute approximate surface area is 107 Å². The van der Waals surface area contributed by atoms with Crippen LogP contribution in [0.5, 0.6) is 11.5 Å². The van der Waals surface area contributed by atoms with Gasteiger partial charge in [0, 0.05) is 12.1 Å². The monoisotopic (exact) mass is 252 g/mol. The lowest BCUT2D eigenvalue weighted by Gasteiger charge is -2.17. The largest absolute Gasteiger partial charge is 0.508 e. The van der Waals surface area contributed by atoms with Crippen molar-refractivity contribution in [3.05, 3.63) is 23.8 Å². The second-order valence-corrected chi connectivity index (χ2v) is 4.67. The zero-order valence-electron chi connectivity index (χ0n) is 11.0. The molecule has 1 amide bonds. The highest BCUT2D eigenvalue weighted by atomic mass is 16.3. The Morgan fingerprint density at radius 3 is 2.61 bits per heavy atom. The van der Waals surface area contributed by atoms with Crippen LogP contribution in [0.15, 0.2) is 18.2 Å². The van der Waals surface area contributed by atoms with E-state index in [0.717, 1.165) is 19.0 Å². The number of carbonyl (C=O) groups excluding carboxylic acids is 1. The standard InChI is InChI=1S/C13H20N2O3/c1-9(6-7-15(2)3)14-13(18)11-5-4-10(16)8-12(11)17/h4-5,8-9,16-17H,6-7H2,1-3H3,(H,14,18). The number of carbonyl (C=O) groups is 1. The molecule has 1 aromatic carbocycles. The minimum atomic E-state index is -0.334. The molecule has 1 rings (SSSR count). The fourth-order valence-corrected chi connectivity index (χ4v) is 1.54. The second-order valence-electron chi connectivity index (χ2n) is 4.67. The number of nitrogens with zero attached hydrogens (tertiary/aromatic N) is 1. The topological polar surface area (TPSA) is 72.8 Å². The number of phenols is 2. The van der Waals surface area contributed by atoms with Gasteiger partial charge in [-0.2, -0.15) is 0 Å². The molecule has 0 radical (unpaired) electrons. The first kappa shape index (κ1) is 14.3. The first-order valence-corrected chi connectivity index (χ1v) is 5.87. The molecule has 1 atom stereocenters. The van der Waals surface area contributed by atoms with Crippen molar-refractivity contribution >= 4 is 5.91 Å². The first-order valence-electron chi connectivity index (χ1n) is 5.87. The van der Waals surface area contributed by atoms with E-state index in [-0.39, 0.29) is 29.0 Å². The first-order chi connectivity index (χ1) is 8.40. The summed E-state index contributed by atoms with van der Waals surface area (Å²) >= 11 is 0. The highest BCUT2D eigenvalue weighted by Gasteiger charge is 2.14. The molecule has 1 unspecified atom stereocenters. The van der Waals surface area contributed by atoms with Crippen molar-refractivity contribution in [3.63, 3.8) is 0 Å². The molecule has 1 aromatic rings. The fraction of sp³-hybridized carbons (Fsp3) is 0.462. The summed E-state index contributed by atoms with van der Waals surface area (Å²) in [5.74, 6) is -0.615. The number of phenolic OH excluding ortho intramolecular Hbond substituents is 2. The lowest BCUT2D eigenvalue weighted by atomic mass is 10.1. The Hall–Kier alpha value is -1.75. The van der Waals surface area contributed by atoms with Crippen molar-refractivity contribution < 1.29 is 15.0 Å². The van der Waals surface area contributed by atoms with Crippen molar-refractivity contribution in [3.8, 4) is 11.5 Å². The summed E-state index contributed by atoms with van der Waals surface area (Å²) in [4.78, 5) is 13.9. The highest BCUT2D eigenvalue weighted by molar-refractivity contribution is 5.97. The maximum absolute atomic E-state index is 11.9. The molecule has 3 N–H and O–H groups in total. The van der Waals surface area contributed by atoms with Crippen LogP contribution in [0.3, 0.4) is 0 Å². The maximum atomic E-state index is 11.9. The number of hydrogen-bond donors (Lipinski definition) is 3. The van der Waals surface area contributed by atoms with Crippen molar-refractivity contribution in [1.82, 2.24) is 10.2 Å². The Kier molecular flexibility index (Phi) is 4.97. The Balaban J connectivity index is 2.59. The third-order valence-electron chi connectivity index (χ3n) is 2.61. The summed E-state index contributed by atoms with van der Waals surface area (Å²) in [5, 5.41) is 21.5. The molecule has 0 heterocycles. The van der Waals surface area contributed by atoms with Crippen LogP contribution in [0.25, 0.3) is 0 Å². The van der Waals surface area contributed by atoms with Crippen LogP contribution in [-0.4, -0.2) is 47.7 Å². The molecule has 0 aliphatic rings. The molecule has 0 aliphatic carbocycles. The zero-order chi connectivity index (χ0) is 13.7. The summed E-state index contributed by atoms with van der Waals surface area (Å²) in [5.41, 5.74) is 0.171. The summed E-state index contributed by atoms with van der Waals surface area (Å²) in [6, 6.07) is 3.95. The number of rotatable bonds is 5. The minimum Gasteiger partial charge on any atom is -0.508 e. The summed E-state index contributed by atoms with van der Waals surface area (Å²) in [6.07, 6.45) is 0.831. The Morgan fingerprint density at radius 1 is 1.39 bits per heavy atom. The van der Waals surface area contributed by atoms with Gasteiger partial charge in [-0.25, -0.2) is 0 Å². The summed E-state index contributed by atoms with van der Waals surface area (Å²) in [7, 11) is 3.95. The van der Waals surface area contributed by atoms with Crippen molar-refractivity contribution in [2.75, 3.05) is 20.6 Å². The maximum Gasteiger partial charge on any atom is 0.255 e. The van der Waals surface area contributed by atoms with E-state index in [0.29, 0.717) is 0 Å². The third kappa shape index (κ3) is 4.25. The SMILES string of the molecule is CC(CCN(C)C)NC(=O)c1ccc(O)cc1O. The van der Waals surface area contributed by atoms with Crippen molar-refractivity contribution in [1.29, 1.82) is 0 Å². The van der Waals surface area contributed by atoms with Crippen LogP contribution in [-0.2, 0) is 0 Å². The van der Waals surface area contributed by atoms with Gasteiger partial charge in [-0.3, -0.25) is 4.79 Å². The zero-order valence-corrected chi connectivity index (χ0v) is 11.0. The lowest BCUT2D eigenvalue weighted by molar-refractivity contribution is 0.0934. The number of amides is 1. The molecule has 0 saturated heterocycles. The summed E-state index contributed by atoms with van der Waals surface area (Å²) < 4.78 is 0. The van der Waals surface area contributed by atoms with Gasteiger partial charge in [-0.15, -0.1) is 0 Å². The van der Waals surface area contributed by atoms with Gasteiger partial charge in [0.15, 0.2) is 0 Å². The molecule has 0 aromatic heterocycles. The van der Waals surface area contributed by atoms with E-state index >= 15 is 0 Å². The molecular formula is C13H20N2O3. The molecule has 0 spiro atoms. The van der Waals surface area contributed by atoms with E-state index in [9.17, 15) is 9.90 Å². The average Bonchev–Trinajstić information content (AvgIpc) is 2.26. The van der Waals surface area contributed by atoms with E-state index in [4.69, 9.17) is 5.11 Å².